The van der Waals surface area contributed by atoms with Crippen molar-refractivity contribution in [2.45, 2.75) is 25.5 Å². The molecule has 2 heterocycles. The summed E-state index contributed by atoms with van der Waals surface area (Å²) in [5.74, 6) is 0.675. The van der Waals surface area contributed by atoms with E-state index in [1.165, 1.54) is 0 Å². The molecule has 3 N–H and O–H groups in total. The van der Waals surface area contributed by atoms with Crippen LogP contribution in [0.3, 0.4) is 0 Å². The van der Waals surface area contributed by atoms with Crippen LogP contribution in [0.4, 0.5) is 0 Å². The molecule has 6 heteroatoms. The van der Waals surface area contributed by atoms with E-state index < -0.39 is 6.10 Å². The minimum Gasteiger partial charge on any atom is -0.477 e. The SMILES string of the molecule is NCCC(O)c1c(Br)nn2c1OCCC2. The summed E-state index contributed by atoms with van der Waals surface area (Å²) in [5.41, 5.74) is 6.14. The Kier molecular flexibility index (Phi) is 3.28. The van der Waals surface area contributed by atoms with Gasteiger partial charge in [0.25, 0.3) is 0 Å². The molecule has 2 rings (SSSR count). The van der Waals surface area contributed by atoms with E-state index in [9.17, 15) is 5.11 Å². The number of rotatable bonds is 3. The number of aryl methyl sites for hydroxylation is 1. The highest BCUT2D eigenvalue weighted by atomic mass is 79.9. The number of nitrogens with zero attached hydrogens (tertiary/aromatic N) is 2. The summed E-state index contributed by atoms with van der Waals surface area (Å²) in [7, 11) is 0. The second-order valence-electron chi connectivity index (χ2n) is 3.53. The quantitative estimate of drug-likeness (QED) is 0.856. The number of fused-ring (bicyclic) bond motifs is 1. The van der Waals surface area contributed by atoms with Crippen LogP contribution in [0.25, 0.3) is 0 Å². The first-order valence-corrected chi connectivity index (χ1v) is 5.80. The van der Waals surface area contributed by atoms with Crippen LogP contribution in [0.5, 0.6) is 5.88 Å². The van der Waals surface area contributed by atoms with Gasteiger partial charge in [-0.05, 0) is 28.9 Å². The molecular formula is C9H14BrN3O2. The molecule has 0 amide bonds. The average molecular weight is 276 g/mol. The Morgan fingerprint density at radius 2 is 2.47 bits per heavy atom. The minimum atomic E-state index is -0.605. The van der Waals surface area contributed by atoms with Crippen LogP contribution in [0.1, 0.15) is 24.5 Å². The number of ether oxygens (including phenoxy) is 1. The molecule has 0 spiro atoms. The zero-order valence-corrected chi connectivity index (χ0v) is 9.90. The second kappa shape index (κ2) is 4.51. The molecule has 15 heavy (non-hydrogen) atoms. The van der Waals surface area contributed by atoms with Gasteiger partial charge in [0.05, 0.1) is 18.3 Å². The van der Waals surface area contributed by atoms with Crippen LogP contribution in [-0.2, 0) is 6.54 Å². The van der Waals surface area contributed by atoms with Gasteiger partial charge in [-0.25, -0.2) is 4.68 Å². The number of aliphatic hydroxyl groups excluding tert-OH is 1. The van der Waals surface area contributed by atoms with Crippen molar-refractivity contribution < 1.29 is 9.84 Å². The lowest BCUT2D eigenvalue weighted by atomic mass is 10.1. The Hall–Kier alpha value is -0.590. The Morgan fingerprint density at radius 3 is 3.20 bits per heavy atom. The molecule has 84 valence electrons. The fourth-order valence-electron chi connectivity index (χ4n) is 1.70. The maximum absolute atomic E-state index is 9.90. The molecule has 0 radical (unpaired) electrons. The van der Waals surface area contributed by atoms with E-state index in [1.54, 1.807) is 4.68 Å². The van der Waals surface area contributed by atoms with Crippen molar-refractivity contribution in [3.8, 4) is 5.88 Å². The lowest BCUT2D eigenvalue weighted by molar-refractivity contribution is 0.157. The summed E-state index contributed by atoms with van der Waals surface area (Å²) in [6.45, 7) is 1.96. The molecule has 5 nitrogen and oxygen atoms in total. The van der Waals surface area contributed by atoms with E-state index >= 15 is 0 Å². The van der Waals surface area contributed by atoms with Crippen molar-refractivity contribution in [2.24, 2.45) is 5.73 Å². The van der Waals surface area contributed by atoms with E-state index in [0.717, 1.165) is 18.5 Å². The molecule has 1 unspecified atom stereocenters. The van der Waals surface area contributed by atoms with Crippen molar-refractivity contribution in [1.82, 2.24) is 9.78 Å². The molecule has 1 aliphatic heterocycles. The highest BCUT2D eigenvalue weighted by Crippen LogP contribution is 2.35. The number of hydrogen-bond donors (Lipinski definition) is 2. The van der Waals surface area contributed by atoms with Gasteiger partial charge >= 0.3 is 0 Å². The molecule has 1 atom stereocenters. The third-order valence-corrected chi connectivity index (χ3v) is 3.01. The zero-order chi connectivity index (χ0) is 10.8. The molecule has 1 aliphatic rings. The van der Waals surface area contributed by atoms with Gasteiger partial charge in [0.1, 0.15) is 4.60 Å². The molecule has 0 aliphatic carbocycles. The maximum atomic E-state index is 9.90. The summed E-state index contributed by atoms with van der Waals surface area (Å²) >= 11 is 3.34. The summed E-state index contributed by atoms with van der Waals surface area (Å²) < 4.78 is 7.95. The molecule has 0 saturated carbocycles. The molecule has 1 aromatic heterocycles. The van der Waals surface area contributed by atoms with Crippen LogP contribution in [0.15, 0.2) is 4.60 Å². The molecule has 0 aromatic carbocycles. The highest BCUT2D eigenvalue weighted by molar-refractivity contribution is 9.10. The number of aliphatic hydroxyl groups is 1. The smallest absolute Gasteiger partial charge is 0.218 e. The van der Waals surface area contributed by atoms with Gasteiger partial charge in [-0.15, -0.1) is 0 Å². The van der Waals surface area contributed by atoms with Crippen LogP contribution < -0.4 is 10.5 Å². The van der Waals surface area contributed by atoms with Gasteiger partial charge in [-0.2, -0.15) is 5.10 Å². The number of halogens is 1. The molecule has 0 bridgehead atoms. The second-order valence-corrected chi connectivity index (χ2v) is 4.28. The summed E-state index contributed by atoms with van der Waals surface area (Å²) in [6, 6.07) is 0. The zero-order valence-electron chi connectivity index (χ0n) is 8.32. The first-order valence-electron chi connectivity index (χ1n) is 5.01. The Balaban J connectivity index is 2.32. The minimum absolute atomic E-state index is 0.443. The summed E-state index contributed by atoms with van der Waals surface area (Å²) in [6.07, 6.45) is 0.861. The normalized spacial score (nSPS) is 17.0. The van der Waals surface area contributed by atoms with Crippen molar-refractivity contribution >= 4 is 15.9 Å². The van der Waals surface area contributed by atoms with Crippen molar-refractivity contribution in [2.75, 3.05) is 13.2 Å². The van der Waals surface area contributed by atoms with Crippen LogP contribution >= 0.6 is 15.9 Å². The Bertz CT molecular complexity index is 353. The molecular weight excluding hydrogens is 262 g/mol. The summed E-state index contributed by atoms with van der Waals surface area (Å²) in [5, 5.41) is 14.2. The van der Waals surface area contributed by atoms with Gasteiger partial charge in [0.15, 0.2) is 0 Å². The average Bonchev–Trinajstić information content (AvgIpc) is 2.54. The summed E-state index contributed by atoms with van der Waals surface area (Å²) in [4.78, 5) is 0. The van der Waals surface area contributed by atoms with Crippen LogP contribution in [0.2, 0.25) is 0 Å². The highest BCUT2D eigenvalue weighted by Gasteiger charge is 2.25. The third kappa shape index (κ3) is 2.02. The molecule has 1 aromatic rings. The van der Waals surface area contributed by atoms with E-state index in [2.05, 4.69) is 21.0 Å². The number of nitrogens with two attached hydrogens (primary N) is 1. The van der Waals surface area contributed by atoms with Gasteiger partial charge in [-0.1, -0.05) is 0 Å². The number of aromatic nitrogens is 2. The third-order valence-electron chi connectivity index (χ3n) is 2.42. The van der Waals surface area contributed by atoms with Crippen molar-refractivity contribution in [3.05, 3.63) is 10.2 Å². The van der Waals surface area contributed by atoms with E-state index in [-0.39, 0.29) is 0 Å². The van der Waals surface area contributed by atoms with Crippen LogP contribution in [0, 0.1) is 0 Å². The van der Waals surface area contributed by atoms with E-state index in [1.807, 2.05) is 0 Å². The van der Waals surface area contributed by atoms with Crippen molar-refractivity contribution in [3.63, 3.8) is 0 Å². The fraction of sp³-hybridized carbons (Fsp3) is 0.667. The fourth-order valence-corrected chi connectivity index (χ4v) is 2.33. The van der Waals surface area contributed by atoms with Gasteiger partial charge in [0.2, 0.25) is 5.88 Å². The predicted molar refractivity (Wildman–Crippen MR) is 58.7 cm³/mol. The van der Waals surface area contributed by atoms with Gasteiger partial charge in [-0.3, -0.25) is 0 Å². The molecule has 0 fully saturated rings. The van der Waals surface area contributed by atoms with Gasteiger partial charge in [0, 0.05) is 13.0 Å². The van der Waals surface area contributed by atoms with Gasteiger partial charge < -0.3 is 15.6 Å². The van der Waals surface area contributed by atoms with E-state index in [4.69, 9.17) is 10.5 Å². The maximum Gasteiger partial charge on any atom is 0.218 e. The van der Waals surface area contributed by atoms with Crippen LogP contribution in [-0.4, -0.2) is 28.0 Å². The lowest BCUT2D eigenvalue weighted by Crippen LogP contribution is -2.16. The predicted octanol–water partition coefficient (Wildman–Crippen LogP) is 0.810. The lowest BCUT2D eigenvalue weighted by Gasteiger charge is -2.17. The topological polar surface area (TPSA) is 73.3 Å². The monoisotopic (exact) mass is 275 g/mol. The standard InChI is InChI=1S/C9H14BrN3O2/c10-8-7(6(14)2-3-11)9-13(12-8)4-1-5-15-9/h6,14H,1-5,11H2. The first kappa shape index (κ1) is 10.9. The Morgan fingerprint density at radius 1 is 1.67 bits per heavy atom. The Labute approximate surface area is 96.3 Å². The van der Waals surface area contributed by atoms with E-state index in [0.29, 0.717) is 30.1 Å². The van der Waals surface area contributed by atoms with Crippen molar-refractivity contribution in [1.29, 1.82) is 0 Å². The number of hydrogen-bond acceptors (Lipinski definition) is 4. The molecule has 0 saturated heterocycles. The largest absolute Gasteiger partial charge is 0.477 e. The first-order chi connectivity index (χ1) is 7.24.